The van der Waals surface area contributed by atoms with Gasteiger partial charge in [-0.15, -0.1) is 0 Å². The highest BCUT2D eigenvalue weighted by molar-refractivity contribution is 7.89. The van der Waals surface area contributed by atoms with Gasteiger partial charge in [-0.05, 0) is 42.5 Å². The molecule has 3 aromatic carbocycles. The molecule has 1 aromatic heterocycles. The predicted octanol–water partition coefficient (Wildman–Crippen LogP) is 3.81. The number of hydrogen-bond donors (Lipinski definition) is 1. The quantitative estimate of drug-likeness (QED) is 0.446. The van der Waals surface area contributed by atoms with Crippen molar-refractivity contribution in [2.75, 3.05) is 31.6 Å². The fraction of sp³-hybridized carbons (Fsp3) is 0.154. The van der Waals surface area contributed by atoms with E-state index in [2.05, 4.69) is 10.4 Å². The molecule has 1 amide bonds. The number of morpholine rings is 1. The summed E-state index contributed by atoms with van der Waals surface area (Å²) in [4.78, 5) is 13.4. The lowest BCUT2D eigenvalue weighted by Crippen LogP contribution is -2.40. The maximum atomic E-state index is 13.3. The van der Waals surface area contributed by atoms with Gasteiger partial charge in [-0.3, -0.25) is 4.79 Å². The van der Waals surface area contributed by atoms with E-state index < -0.39 is 10.0 Å². The summed E-state index contributed by atoms with van der Waals surface area (Å²) >= 11 is 0. The lowest BCUT2D eigenvalue weighted by atomic mass is 10.1. The van der Waals surface area contributed by atoms with E-state index in [1.165, 1.54) is 16.4 Å². The number of amides is 1. The van der Waals surface area contributed by atoms with Crippen LogP contribution in [0.15, 0.2) is 95.9 Å². The molecular weight excluding hydrogens is 464 g/mol. The van der Waals surface area contributed by atoms with Gasteiger partial charge in [-0.25, -0.2) is 13.1 Å². The van der Waals surface area contributed by atoms with Crippen molar-refractivity contribution < 1.29 is 17.9 Å². The first-order valence-electron chi connectivity index (χ1n) is 11.2. The summed E-state index contributed by atoms with van der Waals surface area (Å²) in [6.45, 7) is 1.42. The van der Waals surface area contributed by atoms with E-state index in [9.17, 15) is 13.2 Å². The van der Waals surface area contributed by atoms with Crippen molar-refractivity contribution in [1.82, 2.24) is 14.1 Å². The number of anilines is 1. The van der Waals surface area contributed by atoms with Crippen LogP contribution >= 0.6 is 0 Å². The Labute approximate surface area is 203 Å². The van der Waals surface area contributed by atoms with Gasteiger partial charge in [0, 0.05) is 24.3 Å². The molecule has 178 valence electrons. The minimum absolute atomic E-state index is 0.179. The molecule has 9 heteroatoms. The summed E-state index contributed by atoms with van der Waals surface area (Å²) in [7, 11) is -3.60. The van der Waals surface area contributed by atoms with Crippen LogP contribution in [0.2, 0.25) is 0 Å². The van der Waals surface area contributed by atoms with Crippen molar-refractivity contribution >= 4 is 21.6 Å². The number of rotatable bonds is 6. The van der Waals surface area contributed by atoms with E-state index in [4.69, 9.17) is 4.74 Å². The Bertz CT molecular complexity index is 1410. The predicted molar refractivity (Wildman–Crippen MR) is 133 cm³/mol. The number of nitrogens with one attached hydrogen (secondary N) is 1. The van der Waals surface area contributed by atoms with Crippen molar-refractivity contribution in [3.63, 3.8) is 0 Å². The van der Waals surface area contributed by atoms with Gasteiger partial charge < -0.3 is 10.1 Å². The Balaban J connectivity index is 1.41. The molecule has 2 heterocycles. The maximum Gasteiger partial charge on any atom is 0.274 e. The molecule has 1 saturated heterocycles. The normalized spacial score (nSPS) is 14.5. The fourth-order valence-electron chi connectivity index (χ4n) is 3.90. The first kappa shape index (κ1) is 23.0. The first-order valence-corrected chi connectivity index (χ1v) is 12.7. The monoisotopic (exact) mass is 488 g/mol. The molecule has 1 N–H and O–H groups in total. The molecule has 0 atom stereocenters. The molecule has 0 unspecified atom stereocenters. The van der Waals surface area contributed by atoms with Gasteiger partial charge in [0.1, 0.15) is 5.69 Å². The largest absolute Gasteiger partial charge is 0.379 e. The van der Waals surface area contributed by atoms with E-state index in [0.717, 1.165) is 11.3 Å². The van der Waals surface area contributed by atoms with E-state index in [0.29, 0.717) is 43.4 Å². The highest BCUT2D eigenvalue weighted by Crippen LogP contribution is 2.24. The molecule has 1 fully saturated rings. The minimum atomic E-state index is -3.60. The zero-order chi connectivity index (χ0) is 24.3. The minimum Gasteiger partial charge on any atom is -0.379 e. The Morgan fingerprint density at radius 3 is 2.14 bits per heavy atom. The highest BCUT2D eigenvalue weighted by atomic mass is 32.2. The lowest BCUT2D eigenvalue weighted by molar-refractivity contribution is 0.0730. The number of ether oxygens (including phenoxy) is 1. The number of nitrogens with zero attached hydrogens (tertiary/aromatic N) is 3. The summed E-state index contributed by atoms with van der Waals surface area (Å²) in [6, 6.07) is 27.0. The molecule has 8 nitrogen and oxygen atoms in total. The number of carbonyl (C=O) groups excluding carboxylic acids is 1. The zero-order valence-corrected chi connectivity index (χ0v) is 19.7. The van der Waals surface area contributed by atoms with Crippen LogP contribution in [0.1, 0.15) is 10.5 Å². The third kappa shape index (κ3) is 4.88. The van der Waals surface area contributed by atoms with Crippen molar-refractivity contribution in [2.45, 2.75) is 4.90 Å². The number of para-hydroxylation sites is 1. The van der Waals surface area contributed by atoms with Crippen LogP contribution in [0.4, 0.5) is 5.69 Å². The fourth-order valence-corrected chi connectivity index (χ4v) is 5.31. The van der Waals surface area contributed by atoms with E-state index in [1.807, 2.05) is 60.7 Å². The van der Waals surface area contributed by atoms with Gasteiger partial charge in [-0.1, -0.05) is 48.5 Å². The molecule has 4 aromatic rings. The van der Waals surface area contributed by atoms with Crippen LogP contribution in [0.25, 0.3) is 16.9 Å². The molecule has 1 aliphatic heterocycles. The molecule has 0 saturated carbocycles. The van der Waals surface area contributed by atoms with Crippen LogP contribution in [0.5, 0.6) is 0 Å². The molecule has 1 aliphatic rings. The second-order valence-electron chi connectivity index (χ2n) is 8.02. The summed E-state index contributed by atoms with van der Waals surface area (Å²) in [6.07, 6.45) is 0. The molecular formula is C26H24N4O4S. The van der Waals surface area contributed by atoms with Gasteiger partial charge in [0.25, 0.3) is 5.91 Å². The Kier molecular flexibility index (Phi) is 6.45. The standard InChI is InChI=1S/C26H24N4O4S/c31-26(27-21-11-13-23(14-12-21)35(32,33)29-15-17-34-18-16-29)25-19-24(20-7-3-1-4-8-20)28-30(25)22-9-5-2-6-10-22/h1-14,19H,15-18H2,(H,27,31). The van der Waals surface area contributed by atoms with Crippen molar-refractivity contribution in [3.05, 3.63) is 96.7 Å². The highest BCUT2D eigenvalue weighted by Gasteiger charge is 2.26. The van der Waals surface area contributed by atoms with Crippen LogP contribution in [-0.4, -0.2) is 54.7 Å². The average Bonchev–Trinajstić information content (AvgIpc) is 3.36. The zero-order valence-electron chi connectivity index (χ0n) is 18.9. The van der Waals surface area contributed by atoms with Crippen molar-refractivity contribution in [1.29, 1.82) is 0 Å². The topological polar surface area (TPSA) is 93.5 Å². The van der Waals surface area contributed by atoms with Gasteiger partial charge >= 0.3 is 0 Å². The molecule has 5 rings (SSSR count). The van der Waals surface area contributed by atoms with Crippen molar-refractivity contribution in [3.8, 4) is 16.9 Å². The van der Waals surface area contributed by atoms with Crippen LogP contribution in [-0.2, 0) is 14.8 Å². The third-order valence-electron chi connectivity index (χ3n) is 5.73. The Hall–Kier alpha value is -3.79. The lowest BCUT2D eigenvalue weighted by Gasteiger charge is -2.26. The Morgan fingerprint density at radius 2 is 1.49 bits per heavy atom. The second-order valence-corrected chi connectivity index (χ2v) is 9.96. The van der Waals surface area contributed by atoms with Gasteiger partial charge in [0.15, 0.2) is 0 Å². The summed E-state index contributed by atoms with van der Waals surface area (Å²) < 4.78 is 34.0. The van der Waals surface area contributed by atoms with Crippen LogP contribution < -0.4 is 5.32 Å². The molecule has 0 spiro atoms. The van der Waals surface area contributed by atoms with Crippen LogP contribution in [0, 0.1) is 0 Å². The van der Waals surface area contributed by atoms with E-state index in [1.54, 1.807) is 22.9 Å². The van der Waals surface area contributed by atoms with Crippen molar-refractivity contribution in [2.24, 2.45) is 0 Å². The number of hydrogen-bond acceptors (Lipinski definition) is 5. The van der Waals surface area contributed by atoms with Gasteiger partial charge in [0.05, 0.1) is 29.5 Å². The average molecular weight is 489 g/mol. The molecule has 0 aliphatic carbocycles. The Morgan fingerprint density at radius 1 is 0.857 bits per heavy atom. The van der Waals surface area contributed by atoms with Crippen LogP contribution in [0.3, 0.4) is 0 Å². The number of sulfonamides is 1. The molecule has 0 bridgehead atoms. The molecule has 35 heavy (non-hydrogen) atoms. The maximum absolute atomic E-state index is 13.3. The smallest absolute Gasteiger partial charge is 0.274 e. The summed E-state index contributed by atoms with van der Waals surface area (Å²) in [5.74, 6) is -0.354. The number of aromatic nitrogens is 2. The number of benzene rings is 3. The second kappa shape index (κ2) is 9.83. The SMILES string of the molecule is O=C(Nc1ccc(S(=O)(=O)N2CCOCC2)cc1)c1cc(-c2ccccc2)nn1-c1ccccc1. The first-order chi connectivity index (χ1) is 17.0. The van der Waals surface area contributed by atoms with E-state index in [-0.39, 0.29) is 10.8 Å². The third-order valence-corrected chi connectivity index (χ3v) is 7.65. The molecule has 0 radical (unpaired) electrons. The number of carbonyl (C=O) groups is 1. The van der Waals surface area contributed by atoms with Gasteiger partial charge in [0.2, 0.25) is 10.0 Å². The van der Waals surface area contributed by atoms with E-state index >= 15 is 0 Å². The summed E-state index contributed by atoms with van der Waals surface area (Å²) in [5, 5.41) is 7.54. The van der Waals surface area contributed by atoms with Gasteiger partial charge in [-0.2, -0.15) is 9.40 Å². The summed E-state index contributed by atoms with van der Waals surface area (Å²) in [5.41, 5.74) is 3.17.